The Morgan fingerprint density at radius 1 is 1.18 bits per heavy atom. The van der Waals surface area contributed by atoms with E-state index in [1.807, 2.05) is 0 Å². The fourth-order valence-corrected chi connectivity index (χ4v) is 3.37. The minimum Gasteiger partial charge on any atom is -0.308 e. The summed E-state index contributed by atoms with van der Waals surface area (Å²) in [6, 6.07) is 0. The van der Waals surface area contributed by atoms with Gasteiger partial charge in [0, 0.05) is 26.2 Å². The fourth-order valence-electron chi connectivity index (χ4n) is 2.61. The summed E-state index contributed by atoms with van der Waals surface area (Å²) >= 11 is 13.0. The van der Waals surface area contributed by atoms with Crippen LogP contribution >= 0.6 is 23.2 Å². The van der Waals surface area contributed by atoms with Crippen LogP contribution in [0, 0.1) is 0 Å². The van der Waals surface area contributed by atoms with Crippen molar-refractivity contribution in [3.8, 4) is 0 Å². The molecular formula is C15H32Cl2N5. The topological polar surface area (TPSA) is 35.9 Å². The quantitative estimate of drug-likeness (QED) is 0.474. The summed E-state index contributed by atoms with van der Waals surface area (Å²) in [5.74, 6) is 0. The Hall–Kier alpha value is 0.380. The maximum atomic E-state index is 6.60. The van der Waals surface area contributed by atoms with E-state index in [0.29, 0.717) is 6.54 Å². The standard InChI is InChI=1S/C15H32Cl2N5/c1-5-21(6-2)9-7-10-22-13(16)12-19-15(14(22)17)18-8-11-20(3)4/h13-15,18H,5-12H2,1-4H3. The smallest absolute Gasteiger partial charge is 0.116 e. The second kappa shape index (κ2) is 11.0. The molecule has 0 aromatic rings. The molecule has 7 heteroatoms. The molecule has 0 aromatic carbocycles. The van der Waals surface area contributed by atoms with Crippen LogP contribution in [-0.2, 0) is 0 Å². The Morgan fingerprint density at radius 3 is 2.45 bits per heavy atom. The first-order valence-electron chi connectivity index (χ1n) is 8.30. The lowest BCUT2D eigenvalue weighted by atomic mass is 10.2. The van der Waals surface area contributed by atoms with Crippen LogP contribution in [0.1, 0.15) is 20.3 Å². The lowest BCUT2D eigenvalue weighted by Crippen LogP contribution is -2.61. The van der Waals surface area contributed by atoms with Gasteiger partial charge in [0.25, 0.3) is 0 Å². The molecule has 5 nitrogen and oxygen atoms in total. The maximum Gasteiger partial charge on any atom is 0.116 e. The molecule has 0 amide bonds. The van der Waals surface area contributed by atoms with Crippen LogP contribution in [0.4, 0.5) is 0 Å². The Balaban J connectivity index is 2.39. The Morgan fingerprint density at radius 2 is 1.86 bits per heavy atom. The van der Waals surface area contributed by atoms with E-state index in [-0.39, 0.29) is 17.2 Å². The molecule has 1 heterocycles. The third-order valence-corrected chi connectivity index (χ3v) is 4.97. The largest absolute Gasteiger partial charge is 0.308 e. The van der Waals surface area contributed by atoms with E-state index in [0.717, 1.165) is 45.7 Å². The number of rotatable bonds is 10. The Kier molecular flexibility index (Phi) is 10.2. The molecule has 0 saturated carbocycles. The van der Waals surface area contributed by atoms with E-state index in [9.17, 15) is 0 Å². The first kappa shape index (κ1) is 20.4. The molecule has 1 N–H and O–H groups in total. The normalized spacial score (nSPS) is 27.0. The SMILES string of the molecule is CCN(CC)CCCN1C(Cl)C[N]C(NCCN(C)C)C1Cl. The number of alkyl halides is 2. The summed E-state index contributed by atoms with van der Waals surface area (Å²) in [5, 5.41) is 7.99. The van der Waals surface area contributed by atoms with E-state index < -0.39 is 0 Å². The van der Waals surface area contributed by atoms with Crippen molar-refractivity contribution in [2.45, 2.75) is 37.4 Å². The second-order valence-corrected chi connectivity index (χ2v) is 6.94. The molecule has 1 radical (unpaired) electrons. The predicted octanol–water partition coefficient (Wildman–Crippen LogP) is 1.25. The van der Waals surface area contributed by atoms with Gasteiger partial charge in [-0.05, 0) is 40.2 Å². The molecule has 1 rings (SSSR count). The van der Waals surface area contributed by atoms with Crippen LogP contribution in [0.2, 0.25) is 0 Å². The minimum atomic E-state index is -0.171. The molecule has 131 valence electrons. The van der Waals surface area contributed by atoms with Crippen molar-refractivity contribution in [2.75, 3.05) is 59.9 Å². The van der Waals surface area contributed by atoms with E-state index in [4.69, 9.17) is 23.2 Å². The van der Waals surface area contributed by atoms with Gasteiger partial charge in [0.1, 0.15) is 17.2 Å². The molecule has 22 heavy (non-hydrogen) atoms. The Bertz CT molecular complexity index is 289. The van der Waals surface area contributed by atoms with Crippen molar-refractivity contribution in [1.29, 1.82) is 0 Å². The first-order chi connectivity index (χ1) is 10.5. The van der Waals surface area contributed by atoms with Crippen LogP contribution in [0.3, 0.4) is 0 Å². The van der Waals surface area contributed by atoms with Crippen molar-refractivity contribution in [2.24, 2.45) is 0 Å². The molecule has 0 bridgehead atoms. The zero-order chi connectivity index (χ0) is 16.5. The van der Waals surface area contributed by atoms with Gasteiger partial charge in [0.15, 0.2) is 0 Å². The first-order valence-corrected chi connectivity index (χ1v) is 9.17. The zero-order valence-electron chi connectivity index (χ0n) is 14.4. The molecule has 0 spiro atoms. The van der Waals surface area contributed by atoms with Gasteiger partial charge in [0.2, 0.25) is 0 Å². The van der Waals surface area contributed by atoms with Gasteiger partial charge in [-0.25, -0.2) is 5.32 Å². The van der Waals surface area contributed by atoms with Gasteiger partial charge in [-0.15, -0.1) is 23.2 Å². The molecule has 1 aliphatic rings. The number of hydrogen-bond donors (Lipinski definition) is 1. The van der Waals surface area contributed by atoms with Crippen LogP contribution < -0.4 is 10.6 Å². The molecule has 1 fully saturated rings. The van der Waals surface area contributed by atoms with Crippen molar-refractivity contribution in [3.63, 3.8) is 0 Å². The van der Waals surface area contributed by atoms with E-state index >= 15 is 0 Å². The Labute approximate surface area is 146 Å². The summed E-state index contributed by atoms with van der Waals surface area (Å²) in [6.07, 6.45) is 1.04. The lowest BCUT2D eigenvalue weighted by molar-refractivity contribution is 0.123. The van der Waals surface area contributed by atoms with Gasteiger partial charge in [0.05, 0.1) is 0 Å². The lowest BCUT2D eigenvalue weighted by Gasteiger charge is -2.41. The van der Waals surface area contributed by atoms with Gasteiger partial charge >= 0.3 is 0 Å². The van der Waals surface area contributed by atoms with E-state index in [1.165, 1.54) is 0 Å². The highest BCUT2D eigenvalue weighted by molar-refractivity contribution is 6.23. The monoisotopic (exact) mass is 352 g/mol. The van der Waals surface area contributed by atoms with Gasteiger partial charge in [-0.2, -0.15) is 0 Å². The second-order valence-electron chi connectivity index (χ2n) is 5.99. The molecule has 1 saturated heterocycles. The van der Waals surface area contributed by atoms with Gasteiger partial charge < -0.3 is 9.80 Å². The van der Waals surface area contributed by atoms with Crippen LogP contribution in [0.15, 0.2) is 0 Å². The molecule has 3 unspecified atom stereocenters. The summed E-state index contributed by atoms with van der Waals surface area (Å²) in [4.78, 5) is 6.74. The average molecular weight is 353 g/mol. The highest BCUT2D eigenvalue weighted by Gasteiger charge is 2.35. The summed E-state index contributed by atoms with van der Waals surface area (Å²) in [6.45, 7) is 11.1. The highest BCUT2D eigenvalue weighted by Crippen LogP contribution is 2.21. The van der Waals surface area contributed by atoms with Crippen LogP contribution in [0.5, 0.6) is 0 Å². The maximum absolute atomic E-state index is 6.60. The molecule has 3 atom stereocenters. The predicted molar refractivity (Wildman–Crippen MR) is 95.7 cm³/mol. The number of nitrogens with zero attached hydrogens (tertiary/aromatic N) is 4. The third-order valence-electron chi connectivity index (χ3n) is 4.09. The van der Waals surface area contributed by atoms with Gasteiger partial charge in [-0.1, -0.05) is 13.8 Å². The number of piperazine rings is 1. The van der Waals surface area contributed by atoms with Crippen molar-refractivity contribution in [1.82, 2.24) is 25.3 Å². The number of hydrogen-bond acceptors (Lipinski definition) is 4. The zero-order valence-corrected chi connectivity index (χ0v) is 15.9. The third kappa shape index (κ3) is 6.87. The van der Waals surface area contributed by atoms with Crippen LogP contribution in [0.25, 0.3) is 0 Å². The number of halogens is 2. The van der Waals surface area contributed by atoms with E-state index in [2.05, 4.69) is 53.3 Å². The van der Waals surface area contributed by atoms with E-state index in [1.54, 1.807) is 0 Å². The minimum absolute atomic E-state index is 0.0370. The highest BCUT2D eigenvalue weighted by atomic mass is 35.5. The van der Waals surface area contributed by atoms with Crippen molar-refractivity contribution in [3.05, 3.63) is 0 Å². The van der Waals surface area contributed by atoms with Crippen molar-refractivity contribution >= 4 is 23.2 Å². The molecule has 1 aliphatic heterocycles. The van der Waals surface area contributed by atoms with Gasteiger partial charge in [-0.3, -0.25) is 10.2 Å². The molecule has 0 aromatic heterocycles. The number of nitrogens with one attached hydrogen (secondary N) is 1. The average Bonchev–Trinajstić information content (AvgIpc) is 2.48. The molecule has 0 aliphatic carbocycles. The number of likely N-dealkylation sites (N-methyl/N-ethyl adjacent to an activating group) is 1. The summed E-state index contributed by atoms with van der Waals surface area (Å²) in [7, 11) is 4.12. The molecular weight excluding hydrogens is 321 g/mol. The van der Waals surface area contributed by atoms with Crippen molar-refractivity contribution < 1.29 is 0 Å². The summed E-state index contributed by atoms with van der Waals surface area (Å²) in [5.41, 5.74) is -0.263. The fraction of sp³-hybridized carbons (Fsp3) is 1.00. The summed E-state index contributed by atoms with van der Waals surface area (Å²) < 4.78 is 0. The van der Waals surface area contributed by atoms with Crippen LogP contribution in [-0.4, -0.2) is 91.8 Å².